The summed E-state index contributed by atoms with van der Waals surface area (Å²) in [6.07, 6.45) is -4.38. The summed E-state index contributed by atoms with van der Waals surface area (Å²) in [6, 6.07) is 11.7. The number of carbonyl (C=O) groups excluding carboxylic acids is 7. The summed E-state index contributed by atoms with van der Waals surface area (Å²) in [5, 5.41) is 75.6. The molecule has 11 rings (SSSR count). The predicted octanol–water partition coefficient (Wildman–Crippen LogP) is 4.97. The number of thiazole rings is 6. The molecule has 2 aliphatic heterocycles. The second kappa shape index (κ2) is 27.3. The molecule has 0 saturated carbocycles. The number of nitrogens with one attached hydrogen (secondary N) is 5. The second-order valence-electron chi connectivity index (χ2n) is 21.4. The third-order valence-electron chi connectivity index (χ3n) is 14.9. The Bertz CT molecular complexity index is 4300. The van der Waals surface area contributed by atoms with Crippen LogP contribution in [0.3, 0.4) is 0 Å². The first-order valence-electron chi connectivity index (χ1n) is 28.0. The quantitative estimate of drug-likeness (QED) is 0.0726. The molecule has 1 fully saturated rings. The number of rotatable bonds is 13. The highest BCUT2D eigenvalue weighted by Gasteiger charge is 2.46. The van der Waals surface area contributed by atoms with Gasteiger partial charge in [0, 0.05) is 56.2 Å². The van der Waals surface area contributed by atoms with Crippen molar-refractivity contribution < 1.29 is 63.9 Å². The number of hydrogen-bond donors (Lipinski definition) is 11. The van der Waals surface area contributed by atoms with Crippen molar-refractivity contribution in [2.45, 2.75) is 82.1 Å². The first kappa shape index (κ1) is 64.3. The summed E-state index contributed by atoms with van der Waals surface area (Å²) in [5.74, 6) is -7.37. The van der Waals surface area contributed by atoms with Crippen LogP contribution in [0.2, 0.25) is 0 Å². The van der Waals surface area contributed by atoms with Gasteiger partial charge in [-0.25, -0.2) is 34.9 Å². The molecule has 7 amide bonds. The van der Waals surface area contributed by atoms with Gasteiger partial charge < -0.3 is 62.8 Å². The number of phenols is 1. The second-order valence-corrected chi connectivity index (χ2v) is 27.0. The fourth-order valence-corrected chi connectivity index (χ4v) is 15.5. The van der Waals surface area contributed by atoms with Crippen molar-refractivity contribution in [2.24, 2.45) is 11.7 Å². The van der Waals surface area contributed by atoms with Crippen LogP contribution in [0.15, 0.2) is 93.6 Å². The number of benzene rings is 2. The first-order valence-corrected chi connectivity index (χ1v) is 33.2. The maximum Gasteiger partial charge on any atom is 0.322 e. The van der Waals surface area contributed by atoms with Crippen molar-refractivity contribution in [3.8, 4) is 49.1 Å². The third kappa shape index (κ3) is 14.0. The maximum absolute atomic E-state index is 15.2. The van der Waals surface area contributed by atoms with Crippen LogP contribution in [0.25, 0.3) is 43.4 Å². The minimum atomic E-state index is -1.53. The van der Waals surface area contributed by atoms with Crippen LogP contribution >= 0.6 is 68.0 Å². The molecule has 92 heavy (non-hydrogen) atoms. The van der Waals surface area contributed by atoms with Crippen molar-refractivity contribution in [1.29, 1.82) is 0 Å². The van der Waals surface area contributed by atoms with Gasteiger partial charge in [0.2, 0.25) is 17.7 Å². The number of carboxylic acids is 1. The van der Waals surface area contributed by atoms with E-state index in [1.807, 2.05) is 0 Å². The number of hydrogen-bond acceptors (Lipinski definition) is 25. The summed E-state index contributed by atoms with van der Waals surface area (Å²) >= 11 is 6.52. The SMILES string of the molecule is Cc1sc2nc1C(=O)N[C@@H]([C@H](O)c1ccccc1)c1nc(cs1)C(=O)N[C@@H](Cc1ccc(O)cc1)C(=O)N1C[C@H](O)[C@H](C)[C@H]1c1nc(cs1)-c1nc(cs1)-c1nc(-c3nc(C(=O)N[C@@H](C(=O)NCC(=O)O)C(C)O)cs3)ccc1-c1nc(cs1)C(=O)N[C@H]2CC(N)=O. The number of amides is 7. The van der Waals surface area contributed by atoms with Gasteiger partial charge in [-0.1, -0.05) is 49.4 Å². The van der Waals surface area contributed by atoms with Gasteiger partial charge in [-0.15, -0.1) is 68.0 Å². The normalized spacial score (nSPS) is 19.6. The molecule has 2 aromatic carbocycles. The predicted molar refractivity (Wildman–Crippen MR) is 340 cm³/mol. The van der Waals surface area contributed by atoms with E-state index in [-0.39, 0.29) is 72.9 Å². The monoisotopic (exact) mass is 1360 g/mol. The van der Waals surface area contributed by atoms with Crippen LogP contribution in [0.1, 0.15) is 117 Å². The lowest BCUT2D eigenvalue weighted by molar-refractivity contribution is -0.138. The van der Waals surface area contributed by atoms with Gasteiger partial charge in [0.15, 0.2) is 0 Å². The van der Waals surface area contributed by atoms with Crippen molar-refractivity contribution in [3.05, 3.63) is 147 Å². The van der Waals surface area contributed by atoms with Gasteiger partial charge in [-0.05, 0) is 49.2 Å². The number of phenolic OH excluding ortho intramolecular Hbond substituents is 1. The smallest absolute Gasteiger partial charge is 0.322 e. The highest BCUT2D eigenvalue weighted by molar-refractivity contribution is 7.15. The maximum atomic E-state index is 15.2. The van der Waals surface area contributed by atoms with Crippen molar-refractivity contribution >= 4 is 115 Å². The van der Waals surface area contributed by atoms with Gasteiger partial charge in [0.1, 0.15) is 106 Å². The van der Waals surface area contributed by atoms with Crippen LogP contribution in [0.4, 0.5) is 0 Å². The number of nitrogens with two attached hydrogens (primary N) is 1. The minimum absolute atomic E-state index is 0.0248. The van der Waals surface area contributed by atoms with Crippen LogP contribution in [-0.4, -0.2) is 150 Å². The number of primary amides is 1. The average molecular weight is 1360 g/mol. The van der Waals surface area contributed by atoms with Gasteiger partial charge in [-0.3, -0.25) is 38.4 Å². The standard InChI is InChI=1S/C59H54N14O13S6/c1-24-39(76)18-73-46(24)58-69-38(23-91-58)55-65-34(19-88-55)44-30(13-14-31(62-44)54-67-37(21-89-54)50(83)70-42(25(2)74)51(84)61-17-41(78)79)53-66-35(20-87-53)48(81)63-32(16-40(60)77)56-72-43(26(3)92-56)52(85)71-45(47(80)28-7-5-4-6-8-28)57-68-36(22-90-57)49(82)64-33(59(73)86)15-27-9-11-29(75)12-10-27/h4-14,19-25,32-33,39,42,45-47,74-76,80H,15-18H2,1-3H3,(H2,60,77)(H,61,84)(H,63,81)(H,64,82)(H,70,83)(H,71,85)(H,78,79)/t24-,25?,32-,33-,39-,42+,45-,46-,47+/m0/s1. The van der Waals surface area contributed by atoms with Gasteiger partial charge in [0.05, 0.1) is 36.4 Å². The average Bonchev–Trinajstić information content (AvgIpc) is 1.61. The molecular weight excluding hydrogens is 1310 g/mol. The Morgan fingerprint density at radius 2 is 1.34 bits per heavy atom. The molecule has 474 valence electrons. The number of fused-ring (bicyclic) bond motifs is 16. The molecule has 9 aromatic rings. The molecule has 1 saturated heterocycles. The Kier molecular flexibility index (Phi) is 19.1. The van der Waals surface area contributed by atoms with E-state index in [2.05, 4.69) is 41.5 Å². The summed E-state index contributed by atoms with van der Waals surface area (Å²) in [7, 11) is 0. The lowest BCUT2D eigenvalue weighted by atomic mass is 10.00. The van der Waals surface area contributed by atoms with E-state index >= 15 is 4.79 Å². The molecule has 0 aliphatic carbocycles. The molecule has 9 heterocycles. The van der Waals surface area contributed by atoms with Crippen LogP contribution in [-0.2, 0) is 25.6 Å². The van der Waals surface area contributed by atoms with E-state index in [0.29, 0.717) is 43.0 Å². The zero-order chi connectivity index (χ0) is 65.2. The number of aromatic nitrogens is 7. The first-order chi connectivity index (χ1) is 44.1. The molecule has 1 unspecified atom stereocenters. The van der Waals surface area contributed by atoms with E-state index in [1.54, 1.807) is 79.2 Å². The summed E-state index contributed by atoms with van der Waals surface area (Å²) < 4.78 is 0. The Morgan fingerprint density at radius 3 is 2.07 bits per heavy atom. The van der Waals surface area contributed by atoms with Gasteiger partial charge in [0.25, 0.3) is 23.6 Å². The topological polar surface area (TPSA) is 417 Å². The molecule has 0 radical (unpaired) electrons. The number of aryl methyl sites for hydroxylation is 1. The largest absolute Gasteiger partial charge is 0.508 e. The van der Waals surface area contributed by atoms with E-state index in [4.69, 9.17) is 30.8 Å². The summed E-state index contributed by atoms with van der Waals surface area (Å²) in [4.78, 5) is 144. The fourth-order valence-electron chi connectivity index (χ4n) is 10.2. The Labute approximate surface area is 545 Å². The molecule has 9 atom stereocenters. The highest BCUT2D eigenvalue weighted by atomic mass is 32.1. The molecule has 2 aliphatic rings. The Balaban J connectivity index is 0.993. The van der Waals surface area contributed by atoms with Crippen LogP contribution in [0, 0.1) is 12.8 Å². The Hall–Kier alpha value is -9.19. The van der Waals surface area contributed by atoms with E-state index < -0.39 is 115 Å². The van der Waals surface area contributed by atoms with E-state index in [1.165, 1.54) is 62.8 Å². The number of carboxylic acid groups (broad SMARTS) is 1. The highest BCUT2D eigenvalue weighted by Crippen LogP contribution is 2.43. The number of aliphatic carboxylic acids is 1. The van der Waals surface area contributed by atoms with Crippen LogP contribution in [0.5, 0.6) is 5.75 Å². The van der Waals surface area contributed by atoms with Crippen molar-refractivity contribution in [1.82, 2.24) is 66.4 Å². The zero-order valence-corrected chi connectivity index (χ0v) is 53.3. The third-order valence-corrected chi connectivity index (χ3v) is 20.4. The minimum Gasteiger partial charge on any atom is -0.508 e. The van der Waals surface area contributed by atoms with Crippen molar-refractivity contribution in [3.63, 3.8) is 0 Å². The van der Waals surface area contributed by atoms with Gasteiger partial charge in [-0.2, -0.15) is 0 Å². The molecule has 12 N–H and O–H groups in total. The lowest BCUT2D eigenvalue weighted by Gasteiger charge is -2.29. The fraction of sp³-hybridized carbons (Fsp3) is 0.271. The Morgan fingerprint density at radius 1 is 0.696 bits per heavy atom. The lowest BCUT2D eigenvalue weighted by Crippen LogP contribution is -2.53. The van der Waals surface area contributed by atoms with Crippen molar-refractivity contribution in [2.75, 3.05) is 13.1 Å². The number of pyridine rings is 1. The number of nitrogens with zero attached hydrogens (tertiary/aromatic N) is 8. The molecule has 27 nitrogen and oxygen atoms in total. The number of aliphatic hydroxyl groups is 3. The van der Waals surface area contributed by atoms with E-state index in [0.717, 1.165) is 45.3 Å². The van der Waals surface area contributed by atoms with E-state index in [9.17, 15) is 54.0 Å². The summed E-state index contributed by atoms with van der Waals surface area (Å²) in [5.41, 5.74) is 7.80. The molecule has 7 aromatic heterocycles. The number of carbonyl (C=O) groups is 8. The summed E-state index contributed by atoms with van der Waals surface area (Å²) in [6.45, 7) is 3.76. The zero-order valence-electron chi connectivity index (χ0n) is 48.4. The molecule has 33 heteroatoms. The van der Waals surface area contributed by atoms with Gasteiger partial charge >= 0.3 is 5.97 Å². The molecule has 0 spiro atoms. The molecule has 10 bridgehead atoms. The number of aliphatic hydroxyl groups excluding tert-OH is 3. The number of aromatic hydroxyl groups is 1. The molecular formula is C59H54N14O13S6. The van der Waals surface area contributed by atoms with Crippen LogP contribution < -0.4 is 32.3 Å².